The Bertz CT molecular complexity index is 483. The summed E-state index contributed by atoms with van der Waals surface area (Å²) in [5.41, 5.74) is 0.960. The van der Waals surface area contributed by atoms with Gasteiger partial charge < -0.3 is 15.2 Å². The molecule has 0 spiro atoms. The van der Waals surface area contributed by atoms with Gasteiger partial charge in [-0.15, -0.1) is 0 Å². The van der Waals surface area contributed by atoms with Crippen molar-refractivity contribution in [2.75, 3.05) is 7.11 Å². The van der Waals surface area contributed by atoms with Crippen LogP contribution in [0.5, 0.6) is 5.75 Å². The van der Waals surface area contributed by atoms with Gasteiger partial charge in [0.2, 0.25) is 5.91 Å². The van der Waals surface area contributed by atoms with E-state index in [0.717, 1.165) is 11.3 Å². The van der Waals surface area contributed by atoms with Gasteiger partial charge in [0.25, 0.3) is 0 Å². The molecule has 0 radical (unpaired) electrons. The molecule has 0 aliphatic heterocycles. The number of amides is 1. The summed E-state index contributed by atoms with van der Waals surface area (Å²) in [6.45, 7) is 1.87. The Hall–Kier alpha value is -2.04. The smallest absolute Gasteiger partial charge is 0.307 e. The SMILES string of the molecule is COc1ccc(C(C)NC(=O)C2CC2C(=O)O)cc1. The Labute approximate surface area is 111 Å². The standard InChI is InChI=1S/C14H17NO4/c1-8(9-3-5-10(19-2)6-4-9)15-13(16)11-7-12(11)14(17)18/h3-6,8,11-12H,7H2,1-2H3,(H,15,16)(H,17,18). The molecule has 3 atom stereocenters. The van der Waals surface area contributed by atoms with E-state index in [9.17, 15) is 9.59 Å². The number of methoxy groups -OCH3 is 1. The van der Waals surface area contributed by atoms with Gasteiger partial charge in [-0.2, -0.15) is 0 Å². The molecule has 0 bridgehead atoms. The highest BCUT2D eigenvalue weighted by atomic mass is 16.5. The number of hydrogen-bond acceptors (Lipinski definition) is 3. The number of hydrogen-bond donors (Lipinski definition) is 2. The zero-order valence-electron chi connectivity index (χ0n) is 10.9. The van der Waals surface area contributed by atoms with Crippen LogP contribution in [0.15, 0.2) is 24.3 Å². The summed E-state index contributed by atoms with van der Waals surface area (Å²) in [6, 6.07) is 7.27. The van der Waals surface area contributed by atoms with E-state index < -0.39 is 11.9 Å². The third-order valence-corrected chi connectivity index (χ3v) is 3.42. The monoisotopic (exact) mass is 263 g/mol. The van der Waals surface area contributed by atoms with Gasteiger partial charge in [0.15, 0.2) is 0 Å². The summed E-state index contributed by atoms with van der Waals surface area (Å²) in [6.07, 6.45) is 0.441. The minimum absolute atomic E-state index is 0.145. The molecule has 5 nitrogen and oxygen atoms in total. The third kappa shape index (κ3) is 3.05. The highest BCUT2D eigenvalue weighted by molar-refractivity contribution is 5.89. The van der Waals surface area contributed by atoms with Crippen LogP contribution in [0.4, 0.5) is 0 Å². The maximum atomic E-state index is 11.8. The molecular formula is C14H17NO4. The average molecular weight is 263 g/mol. The lowest BCUT2D eigenvalue weighted by atomic mass is 10.1. The van der Waals surface area contributed by atoms with E-state index in [1.54, 1.807) is 7.11 Å². The van der Waals surface area contributed by atoms with Crippen LogP contribution in [0.2, 0.25) is 0 Å². The van der Waals surface area contributed by atoms with Crippen molar-refractivity contribution in [2.45, 2.75) is 19.4 Å². The van der Waals surface area contributed by atoms with Crippen molar-refractivity contribution in [3.63, 3.8) is 0 Å². The number of carboxylic acid groups (broad SMARTS) is 1. The molecule has 1 amide bonds. The number of aliphatic carboxylic acids is 1. The molecule has 1 aromatic rings. The summed E-state index contributed by atoms with van der Waals surface area (Å²) in [7, 11) is 1.60. The van der Waals surface area contributed by atoms with E-state index in [0.29, 0.717) is 6.42 Å². The Kier molecular flexibility index (Phi) is 3.74. The van der Waals surface area contributed by atoms with E-state index in [2.05, 4.69) is 5.32 Å². The molecule has 3 unspecified atom stereocenters. The van der Waals surface area contributed by atoms with Crippen LogP contribution < -0.4 is 10.1 Å². The van der Waals surface area contributed by atoms with Gasteiger partial charge in [-0.3, -0.25) is 9.59 Å². The van der Waals surface area contributed by atoms with Crippen molar-refractivity contribution < 1.29 is 19.4 Å². The van der Waals surface area contributed by atoms with Gasteiger partial charge in [0.1, 0.15) is 5.75 Å². The fourth-order valence-electron chi connectivity index (χ4n) is 2.05. The van der Waals surface area contributed by atoms with Crippen molar-refractivity contribution in [3.05, 3.63) is 29.8 Å². The number of carbonyl (C=O) groups is 2. The molecule has 1 aliphatic carbocycles. The second-order valence-electron chi connectivity index (χ2n) is 4.79. The topological polar surface area (TPSA) is 75.6 Å². The molecule has 5 heteroatoms. The Balaban J connectivity index is 1.91. The normalized spacial score (nSPS) is 22.4. The van der Waals surface area contributed by atoms with Crippen LogP contribution >= 0.6 is 0 Å². The molecule has 1 aromatic carbocycles. The summed E-state index contributed by atoms with van der Waals surface area (Å²) in [5.74, 6) is -1.20. The Morgan fingerprint density at radius 2 is 1.95 bits per heavy atom. The fourth-order valence-corrected chi connectivity index (χ4v) is 2.05. The maximum absolute atomic E-state index is 11.8. The molecule has 0 saturated heterocycles. The Morgan fingerprint density at radius 3 is 2.42 bits per heavy atom. The first-order chi connectivity index (χ1) is 9.02. The number of nitrogens with one attached hydrogen (secondary N) is 1. The first-order valence-corrected chi connectivity index (χ1v) is 6.20. The molecule has 1 aliphatic rings. The minimum Gasteiger partial charge on any atom is -0.497 e. The minimum atomic E-state index is -0.891. The van der Waals surface area contributed by atoms with Crippen molar-refractivity contribution in [2.24, 2.45) is 11.8 Å². The number of carbonyl (C=O) groups excluding carboxylic acids is 1. The molecule has 0 aromatic heterocycles. The second kappa shape index (κ2) is 5.30. The highest BCUT2D eigenvalue weighted by Crippen LogP contribution is 2.39. The molecule has 1 saturated carbocycles. The molecule has 102 valence electrons. The third-order valence-electron chi connectivity index (χ3n) is 3.42. The number of rotatable bonds is 5. The predicted octanol–water partition coefficient (Wildman–Crippen LogP) is 1.59. The van der Waals surface area contributed by atoms with Crippen LogP contribution in [-0.4, -0.2) is 24.1 Å². The zero-order valence-corrected chi connectivity index (χ0v) is 10.9. The number of carboxylic acids is 1. The average Bonchev–Trinajstić information content (AvgIpc) is 3.19. The quantitative estimate of drug-likeness (QED) is 0.846. The van der Waals surface area contributed by atoms with E-state index in [4.69, 9.17) is 9.84 Å². The lowest BCUT2D eigenvalue weighted by Crippen LogP contribution is -2.29. The zero-order chi connectivity index (χ0) is 14.0. The molecule has 19 heavy (non-hydrogen) atoms. The number of ether oxygens (including phenoxy) is 1. The van der Waals surface area contributed by atoms with Crippen LogP contribution in [0.3, 0.4) is 0 Å². The van der Waals surface area contributed by atoms with E-state index in [-0.39, 0.29) is 17.9 Å². The molecule has 2 N–H and O–H groups in total. The van der Waals surface area contributed by atoms with E-state index in [1.165, 1.54) is 0 Å². The lowest BCUT2D eigenvalue weighted by molar-refractivity contribution is -0.140. The van der Waals surface area contributed by atoms with Crippen LogP contribution in [0, 0.1) is 11.8 Å². The summed E-state index contributed by atoms with van der Waals surface area (Å²) in [5, 5.41) is 11.6. The van der Waals surface area contributed by atoms with Crippen LogP contribution in [0.25, 0.3) is 0 Å². The van der Waals surface area contributed by atoms with Gasteiger partial charge >= 0.3 is 5.97 Å². The summed E-state index contributed by atoms with van der Waals surface area (Å²) < 4.78 is 5.07. The van der Waals surface area contributed by atoms with Gasteiger partial charge in [0.05, 0.1) is 25.0 Å². The molecule has 1 fully saturated rings. The molecule has 0 heterocycles. The van der Waals surface area contributed by atoms with Crippen molar-refractivity contribution in [1.82, 2.24) is 5.32 Å². The molecular weight excluding hydrogens is 246 g/mol. The van der Waals surface area contributed by atoms with E-state index >= 15 is 0 Å². The van der Waals surface area contributed by atoms with Gasteiger partial charge in [0, 0.05) is 0 Å². The fraction of sp³-hybridized carbons (Fsp3) is 0.429. The lowest BCUT2D eigenvalue weighted by Gasteiger charge is -2.14. The van der Waals surface area contributed by atoms with Crippen molar-refractivity contribution in [3.8, 4) is 5.75 Å². The first-order valence-electron chi connectivity index (χ1n) is 6.20. The summed E-state index contributed by atoms with van der Waals surface area (Å²) >= 11 is 0. The summed E-state index contributed by atoms with van der Waals surface area (Å²) in [4.78, 5) is 22.5. The van der Waals surface area contributed by atoms with Crippen molar-refractivity contribution >= 4 is 11.9 Å². The highest BCUT2D eigenvalue weighted by Gasteiger charge is 2.48. The van der Waals surface area contributed by atoms with Crippen molar-refractivity contribution in [1.29, 1.82) is 0 Å². The van der Waals surface area contributed by atoms with Gasteiger partial charge in [-0.05, 0) is 31.0 Å². The second-order valence-corrected chi connectivity index (χ2v) is 4.79. The van der Waals surface area contributed by atoms with Gasteiger partial charge in [-0.1, -0.05) is 12.1 Å². The van der Waals surface area contributed by atoms with Gasteiger partial charge in [-0.25, -0.2) is 0 Å². The maximum Gasteiger partial charge on any atom is 0.307 e. The van der Waals surface area contributed by atoms with Crippen LogP contribution in [-0.2, 0) is 9.59 Å². The Morgan fingerprint density at radius 1 is 1.32 bits per heavy atom. The molecule has 2 rings (SSSR count). The number of benzene rings is 1. The van der Waals surface area contributed by atoms with Crippen LogP contribution in [0.1, 0.15) is 24.9 Å². The van der Waals surface area contributed by atoms with E-state index in [1.807, 2.05) is 31.2 Å². The largest absolute Gasteiger partial charge is 0.497 e. The predicted molar refractivity (Wildman–Crippen MR) is 68.8 cm³/mol. The first kappa shape index (κ1) is 13.4.